The van der Waals surface area contributed by atoms with Crippen LogP contribution >= 0.6 is 11.3 Å². The number of thiophene rings is 1. The van der Waals surface area contributed by atoms with E-state index in [-0.39, 0.29) is 5.60 Å². The normalized spacial score (nSPS) is 31.9. The standard InChI is InChI=1S/C16H25NO2S/c1-11-8-15(13(3)20-11)12(2)17-14-4-6-19-16(9-14)5-7-18-10-16/h8,12,14,17H,4-7,9-10H2,1-3H3. The molecule has 3 heterocycles. The number of aryl methyl sites for hydroxylation is 2. The first-order valence-electron chi connectivity index (χ1n) is 7.63. The van der Waals surface area contributed by atoms with E-state index in [1.807, 2.05) is 11.3 Å². The maximum absolute atomic E-state index is 6.01. The highest BCUT2D eigenvalue weighted by atomic mass is 32.1. The summed E-state index contributed by atoms with van der Waals surface area (Å²) in [4.78, 5) is 2.84. The lowest BCUT2D eigenvalue weighted by Gasteiger charge is -2.38. The van der Waals surface area contributed by atoms with Gasteiger partial charge in [0.25, 0.3) is 0 Å². The zero-order valence-electron chi connectivity index (χ0n) is 12.7. The van der Waals surface area contributed by atoms with E-state index in [4.69, 9.17) is 9.47 Å². The van der Waals surface area contributed by atoms with Crippen molar-refractivity contribution in [2.75, 3.05) is 19.8 Å². The molecule has 0 saturated carbocycles. The average Bonchev–Trinajstić information content (AvgIpc) is 2.96. The second kappa shape index (κ2) is 5.76. The van der Waals surface area contributed by atoms with Gasteiger partial charge in [-0.1, -0.05) is 0 Å². The van der Waals surface area contributed by atoms with Crippen molar-refractivity contribution in [2.45, 2.75) is 57.7 Å². The van der Waals surface area contributed by atoms with Crippen molar-refractivity contribution >= 4 is 11.3 Å². The molecule has 0 bridgehead atoms. The minimum atomic E-state index is -0.00472. The minimum absolute atomic E-state index is 0.00472. The van der Waals surface area contributed by atoms with Crippen molar-refractivity contribution < 1.29 is 9.47 Å². The molecule has 0 radical (unpaired) electrons. The summed E-state index contributed by atoms with van der Waals surface area (Å²) in [6.07, 6.45) is 3.24. The SMILES string of the molecule is Cc1cc(C(C)NC2CCOC3(CCOC3)C2)c(C)s1. The molecule has 20 heavy (non-hydrogen) atoms. The number of ether oxygens (including phenoxy) is 2. The topological polar surface area (TPSA) is 30.5 Å². The molecule has 1 spiro atoms. The third-order valence-corrected chi connectivity index (χ3v) is 5.57. The fourth-order valence-corrected chi connectivity index (χ4v) is 4.58. The van der Waals surface area contributed by atoms with E-state index in [1.165, 1.54) is 15.3 Å². The van der Waals surface area contributed by atoms with Crippen LogP contribution in [-0.2, 0) is 9.47 Å². The van der Waals surface area contributed by atoms with Gasteiger partial charge in [-0.3, -0.25) is 0 Å². The molecule has 3 nitrogen and oxygen atoms in total. The summed E-state index contributed by atoms with van der Waals surface area (Å²) in [5, 5.41) is 3.81. The predicted octanol–water partition coefficient (Wildman–Crippen LogP) is 3.35. The van der Waals surface area contributed by atoms with Crippen LogP contribution in [0, 0.1) is 13.8 Å². The monoisotopic (exact) mass is 295 g/mol. The molecular formula is C16H25NO2S. The van der Waals surface area contributed by atoms with E-state index in [9.17, 15) is 0 Å². The Labute approximate surface area is 125 Å². The van der Waals surface area contributed by atoms with Crippen LogP contribution in [0.4, 0.5) is 0 Å². The molecule has 0 aliphatic carbocycles. The fourth-order valence-electron chi connectivity index (χ4n) is 3.56. The first-order chi connectivity index (χ1) is 9.58. The van der Waals surface area contributed by atoms with Gasteiger partial charge in [0.15, 0.2) is 0 Å². The second-order valence-electron chi connectivity index (χ2n) is 6.28. The summed E-state index contributed by atoms with van der Waals surface area (Å²) in [6.45, 7) is 9.17. The Hall–Kier alpha value is -0.420. The van der Waals surface area contributed by atoms with Crippen LogP contribution in [0.3, 0.4) is 0 Å². The van der Waals surface area contributed by atoms with Crippen molar-refractivity contribution in [1.82, 2.24) is 5.32 Å². The Morgan fingerprint density at radius 3 is 2.90 bits per heavy atom. The Bertz CT molecular complexity index is 465. The van der Waals surface area contributed by atoms with E-state index < -0.39 is 0 Å². The van der Waals surface area contributed by atoms with Crippen LogP contribution in [0.2, 0.25) is 0 Å². The third-order valence-electron chi connectivity index (χ3n) is 4.59. The summed E-state index contributed by atoms with van der Waals surface area (Å²) in [6, 6.07) is 3.29. The molecule has 3 rings (SSSR count). The molecule has 112 valence electrons. The molecule has 3 atom stereocenters. The second-order valence-corrected chi connectivity index (χ2v) is 7.74. The van der Waals surface area contributed by atoms with Gasteiger partial charge in [0.05, 0.1) is 12.2 Å². The molecule has 1 aromatic heterocycles. The molecule has 3 unspecified atom stereocenters. The van der Waals surface area contributed by atoms with E-state index in [2.05, 4.69) is 32.2 Å². The molecular weight excluding hydrogens is 270 g/mol. The molecule has 2 aliphatic heterocycles. The van der Waals surface area contributed by atoms with Crippen LogP contribution < -0.4 is 5.32 Å². The molecule has 4 heteroatoms. The van der Waals surface area contributed by atoms with Crippen LogP contribution in [0.5, 0.6) is 0 Å². The third kappa shape index (κ3) is 2.93. The predicted molar refractivity (Wildman–Crippen MR) is 82.5 cm³/mol. The largest absolute Gasteiger partial charge is 0.378 e. The summed E-state index contributed by atoms with van der Waals surface area (Å²) in [5.74, 6) is 0. The van der Waals surface area contributed by atoms with Crippen molar-refractivity contribution in [1.29, 1.82) is 0 Å². The van der Waals surface area contributed by atoms with E-state index >= 15 is 0 Å². The molecule has 1 aromatic rings. The lowest BCUT2D eigenvalue weighted by atomic mass is 9.89. The van der Waals surface area contributed by atoms with Crippen molar-refractivity contribution in [3.05, 3.63) is 21.4 Å². The Morgan fingerprint density at radius 1 is 1.40 bits per heavy atom. The summed E-state index contributed by atoms with van der Waals surface area (Å²) in [5.41, 5.74) is 1.45. The summed E-state index contributed by atoms with van der Waals surface area (Å²) in [7, 11) is 0. The van der Waals surface area contributed by atoms with Crippen LogP contribution in [0.15, 0.2) is 6.07 Å². The van der Waals surface area contributed by atoms with Crippen molar-refractivity contribution in [3.63, 3.8) is 0 Å². The fraction of sp³-hybridized carbons (Fsp3) is 0.750. The molecule has 2 saturated heterocycles. The highest BCUT2D eigenvalue weighted by Gasteiger charge is 2.41. The van der Waals surface area contributed by atoms with Gasteiger partial charge in [-0.05, 0) is 45.2 Å². The maximum atomic E-state index is 6.01. The molecule has 0 aromatic carbocycles. The quantitative estimate of drug-likeness (QED) is 0.927. The Balaban J connectivity index is 1.63. The average molecular weight is 295 g/mol. The lowest BCUT2D eigenvalue weighted by Crippen LogP contribution is -2.48. The van der Waals surface area contributed by atoms with Gasteiger partial charge in [-0.2, -0.15) is 0 Å². The van der Waals surface area contributed by atoms with Gasteiger partial charge in [0.2, 0.25) is 0 Å². The molecule has 2 aliphatic rings. The summed E-state index contributed by atoms with van der Waals surface area (Å²) >= 11 is 1.89. The number of hydrogen-bond donors (Lipinski definition) is 1. The molecule has 2 fully saturated rings. The van der Waals surface area contributed by atoms with Crippen LogP contribution in [0.1, 0.15) is 47.5 Å². The van der Waals surface area contributed by atoms with Gasteiger partial charge in [-0.25, -0.2) is 0 Å². The smallest absolute Gasteiger partial charge is 0.0951 e. The Kier molecular flexibility index (Phi) is 4.18. The highest BCUT2D eigenvalue weighted by Crippen LogP contribution is 2.34. The van der Waals surface area contributed by atoms with E-state index in [0.717, 1.165) is 39.1 Å². The van der Waals surface area contributed by atoms with E-state index in [0.29, 0.717) is 12.1 Å². The highest BCUT2D eigenvalue weighted by molar-refractivity contribution is 7.12. The van der Waals surface area contributed by atoms with Gasteiger partial charge in [-0.15, -0.1) is 11.3 Å². The number of rotatable bonds is 3. The zero-order chi connectivity index (χ0) is 14.2. The maximum Gasteiger partial charge on any atom is 0.0951 e. The van der Waals surface area contributed by atoms with Crippen molar-refractivity contribution in [2.24, 2.45) is 0 Å². The molecule has 1 N–H and O–H groups in total. The number of nitrogens with one attached hydrogen (secondary N) is 1. The minimum Gasteiger partial charge on any atom is -0.378 e. The van der Waals surface area contributed by atoms with Crippen molar-refractivity contribution in [3.8, 4) is 0 Å². The first kappa shape index (κ1) is 14.5. The Morgan fingerprint density at radius 2 is 2.25 bits per heavy atom. The number of hydrogen-bond acceptors (Lipinski definition) is 4. The lowest BCUT2D eigenvalue weighted by molar-refractivity contribution is -0.0902. The van der Waals surface area contributed by atoms with Crippen LogP contribution in [-0.4, -0.2) is 31.5 Å². The van der Waals surface area contributed by atoms with Crippen LogP contribution in [0.25, 0.3) is 0 Å². The van der Waals surface area contributed by atoms with E-state index in [1.54, 1.807) is 0 Å². The van der Waals surface area contributed by atoms with Gasteiger partial charge in [0, 0.05) is 41.5 Å². The van der Waals surface area contributed by atoms with Gasteiger partial charge >= 0.3 is 0 Å². The van der Waals surface area contributed by atoms with Gasteiger partial charge < -0.3 is 14.8 Å². The first-order valence-corrected chi connectivity index (χ1v) is 8.44. The summed E-state index contributed by atoms with van der Waals surface area (Å²) < 4.78 is 11.6. The zero-order valence-corrected chi connectivity index (χ0v) is 13.5. The molecule has 0 amide bonds. The van der Waals surface area contributed by atoms with Gasteiger partial charge in [0.1, 0.15) is 0 Å².